The van der Waals surface area contributed by atoms with Gasteiger partial charge in [-0.05, 0) is 18.8 Å². The Kier molecular flexibility index (Phi) is 4.88. The summed E-state index contributed by atoms with van der Waals surface area (Å²) in [5, 5.41) is 0. The van der Waals surface area contributed by atoms with Crippen LogP contribution in [0.25, 0.3) is 0 Å². The van der Waals surface area contributed by atoms with Crippen LogP contribution in [0.15, 0.2) is 23.8 Å². The van der Waals surface area contributed by atoms with Crippen LogP contribution >= 0.6 is 0 Å². The van der Waals surface area contributed by atoms with Gasteiger partial charge in [0.1, 0.15) is 0 Å². The molecule has 1 rings (SSSR count). The van der Waals surface area contributed by atoms with Gasteiger partial charge in [0.15, 0.2) is 0 Å². The molecule has 0 spiro atoms. The molecule has 74 valence electrons. The van der Waals surface area contributed by atoms with Crippen molar-refractivity contribution in [1.29, 1.82) is 0 Å². The third-order valence-corrected chi connectivity index (χ3v) is 2.92. The molecule has 0 heteroatoms. The molecule has 0 aliphatic heterocycles. The zero-order valence-electron chi connectivity index (χ0n) is 9.05. The van der Waals surface area contributed by atoms with Crippen LogP contribution in [0.3, 0.4) is 0 Å². The fraction of sp³-hybridized carbons (Fsp3) is 0.692. The van der Waals surface area contributed by atoms with Gasteiger partial charge in [-0.1, -0.05) is 63.3 Å². The van der Waals surface area contributed by atoms with E-state index in [1.807, 2.05) is 0 Å². The van der Waals surface area contributed by atoms with Gasteiger partial charge < -0.3 is 0 Å². The molecule has 0 fully saturated rings. The summed E-state index contributed by atoms with van der Waals surface area (Å²) in [6.07, 6.45) is 14.9. The minimum Gasteiger partial charge on any atom is -0.0805 e. The second kappa shape index (κ2) is 6.01. The zero-order chi connectivity index (χ0) is 9.52. The Labute approximate surface area is 82.7 Å². The molecule has 0 bridgehead atoms. The molecule has 1 aliphatic carbocycles. The second-order valence-corrected chi connectivity index (χ2v) is 4.04. The van der Waals surface area contributed by atoms with E-state index in [-0.39, 0.29) is 0 Å². The van der Waals surface area contributed by atoms with Gasteiger partial charge in [-0.15, -0.1) is 0 Å². The van der Waals surface area contributed by atoms with E-state index in [1.54, 1.807) is 5.57 Å². The molecule has 1 aliphatic rings. The number of unbranched alkanes of at least 4 members (excludes halogenated alkanes) is 1. The van der Waals surface area contributed by atoms with Crippen LogP contribution in [-0.4, -0.2) is 0 Å². The Balaban J connectivity index is 2.26. The molecule has 0 heterocycles. The minimum absolute atomic E-state index is 0.925. The van der Waals surface area contributed by atoms with Crippen molar-refractivity contribution < 1.29 is 0 Å². The van der Waals surface area contributed by atoms with E-state index in [0.29, 0.717) is 0 Å². The number of rotatable bonds is 6. The molecule has 0 aromatic carbocycles. The minimum atomic E-state index is 0.925. The molecular weight excluding hydrogens is 156 g/mol. The summed E-state index contributed by atoms with van der Waals surface area (Å²) >= 11 is 0. The Hall–Kier alpha value is -0.520. The lowest BCUT2D eigenvalue weighted by molar-refractivity contribution is 0.451. The Morgan fingerprint density at radius 2 is 2.23 bits per heavy atom. The third kappa shape index (κ3) is 3.80. The molecule has 1 atom stereocenters. The van der Waals surface area contributed by atoms with E-state index in [2.05, 4.69) is 32.1 Å². The van der Waals surface area contributed by atoms with E-state index < -0.39 is 0 Å². The molecule has 1 unspecified atom stereocenters. The lowest BCUT2D eigenvalue weighted by atomic mass is 9.92. The molecule has 0 amide bonds. The number of hydrogen-bond acceptors (Lipinski definition) is 0. The molecular formula is C13H22. The second-order valence-electron chi connectivity index (χ2n) is 4.04. The predicted molar refractivity (Wildman–Crippen MR) is 59.8 cm³/mol. The van der Waals surface area contributed by atoms with Crippen LogP contribution in [0.2, 0.25) is 0 Å². The van der Waals surface area contributed by atoms with Gasteiger partial charge in [-0.3, -0.25) is 0 Å². The average molecular weight is 178 g/mol. The Bertz CT molecular complexity index is 186. The van der Waals surface area contributed by atoms with Crippen molar-refractivity contribution in [1.82, 2.24) is 0 Å². The Morgan fingerprint density at radius 1 is 1.38 bits per heavy atom. The fourth-order valence-electron chi connectivity index (χ4n) is 1.93. The van der Waals surface area contributed by atoms with Crippen LogP contribution in [0.4, 0.5) is 0 Å². The molecule has 0 saturated heterocycles. The molecule has 0 nitrogen and oxygen atoms in total. The van der Waals surface area contributed by atoms with Crippen LogP contribution in [0.5, 0.6) is 0 Å². The molecule has 0 N–H and O–H groups in total. The van der Waals surface area contributed by atoms with Crippen LogP contribution in [0.1, 0.15) is 52.4 Å². The van der Waals surface area contributed by atoms with Gasteiger partial charge in [0.05, 0.1) is 0 Å². The SMILES string of the molecule is CCCCC(CC)CC1=CCC=C1. The summed E-state index contributed by atoms with van der Waals surface area (Å²) < 4.78 is 0. The topological polar surface area (TPSA) is 0 Å². The molecule has 0 aromatic heterocycles. The molecule has 13 heavy (non-hydrogen) atoms. The molecule has 0 saturated carbocycles. The smallest absolute Gasteiger partial charge is 0.0160 e. The van der Waals surface area contributed by atoms with E-state index in [9.17, 15) is 0 Å². The van der Waals surface area contributed by atoms with Gasteiger partial charge in [-0.25, -0.2) is 0 Å². The lowest BCUT2D eigenvalue weighted by Gasteiger charge is -2.13. The first kappa shape index (κ1) is 10.6. The van der Waals surface area contributed by atoms with Crippen LogP contribution in [0, 0.1) is 5.92 Å². The predicted octanol–water partition coefficient (Wildman–Crippen LogP) is 4.48. The van der Waals surface area contributed by atoms with Gasteiger partial charge >= 0.3 is 0 Å². The van der Waals surface area contributed by atoms with Gasteiger partial charge in [0, 0.05) is 0 Å². The maximum atomic E-state index is 2.37. The van der Waals surface area contributed by atoms with Crippen molar-refractivity contribution in [3.63, 3.8) is 0 Å². The molecule has 0 aromatic rings. The summed E-state index contributed by atoms with van der Waals surface area (Å²) in [6.45, 7) is 4.60. The van der Waals surface area contributed by atoms with Crippen LogP contribution in [-0.2, 0) is 0 Å². The van der Waals surface area contributed by atoms with Gasteiger partial charge in [0.2, 0.25) is 0 Å². The van der Waals surface area contributed by atoms with Gasteiger partial charge in [0.25, 0.3) is 0 Å². The van der Waals surface area contributed by atoms with Crippen molar-refractivity contribution in [2.45, 2.75) is 52.4 Å². The number of allylic oxidation sites excluding steroid dienone is 4. The highest BCUT2D eigenvalue weighted by Crippen LogP contribution is 2.24. The summed E-state index contributed by atoms with van der Waals surface area (Å²) in [4.78, 5) is 0. The van der Waals surface area contributed by atoms with E-state index in [0.717, 1.165) is 5.92 Å². The first-order chi connectivity index (χ1) is 6.36. The Morgan fingerprint density at radius 3 is 2.77 bits per heavy atom. The van der Waals surface area contributed by atoms with E-state index in [1.165, 1.54) is 38.5 Å². The monoisotopic (exact) mass is 178 g/mol. The largest absolute Gasteiger partial charge is 0.0805 e. The van der Waals surface area contributed by atoms with Crippen molar-refractivity contribution in [3.05, 3.63) is 23.8 Å². The summed E-state index contributed by atoms with van der Waals surface area (Å²) in [6, 6.07) is 0. The normalized spacial score (nSPS) is 17.5. The molecule has 0 radical (unpaired) electrons. The van der Waals surface area contributed by atoms with Gasteiger partial charge in [-0.2, -0.15) is 0 Å². The highest BCUT2D eigenvalue weighted by Gasteiger charge is 2.08. The highest BCUT2D eigenvalue weighted by molar-refractivity contribution is 5.26. The summed E-state index contributed by atoms with van der Waals surface area (Å²) in [5.74, 6) is 0.925. The average Bonchev–Trinajstić information content (AvgIpc) is 2.64. The maximum Gasteiger partial charge on any atom is -0.0160 e. The fourth-order valence-corrected chi connectivity index (χ4v) is 1.93. The van der Waals surface area contributed by atoms with Crippen molar-refractivity contribution >= 4 is 0 Å². The summed E-state index contributed by atoms with van der Waals surface area (Å²) in [5.41, 5.74) is 1.57. The standard InChI is InChI=1S/C13H22/c1-3-5-8-12(4-2)11-13-9-6-7-10-13/h6,9-10,12H,3-5,7-8,11H2,1-2H3. The highest BCUT2D eigenvalue weighted by atomic mass is 14.1. The van der Waals surface area contributed by atoms with E-state index in [4.69, 9.17) is 0 Å². The van der Waals surface area contributed by atoms with E-state index >= 15 is 0 Å². The first-order valence-electron chi connectivity index (χ1n) is 5.72. The van der Waals surface area contributed by atoms with Crippen molar-refractivity contribution in [3.8, 4) is 0 Å². The van der Waals surface area contributed by atoms with Crippen molar-refractivity contribution in [2.24, 2.45) is 5.92 Å². The van der Waals surface area contributed by atoms with Crippen molar-refractivity contribution in [2.75, 3.05) is 0 Å². The zero-order valence-corrected chi connectivity index (χ0v) is 9.05. The quantitative estimate of drug-likeness (QED) is 0.562. The maximum absolute atomic E-state index is 2.37. The lowest BCUT2D eigenvalue weighted by Crippen LogP contribution is -1.99. The first-order valence-corrected chi connectivity index (χ1v) is 5.72. The number of hydrogen-bond donors (Lipinski definition) is 0. The third-order valence-electron chi connectivity index (χ3n) is 2.92. The van der Waals surface area contributed by atoms with Crippen LogP contribution < -0.4 is 0 Å². The summed E-state index contributed by atoms with van der Waals surface area (Å²) in [7, 11) is 0.